The lowest BCUT2D eigenvalue weighted by atomic mass is 10.4. The molecule has 0 saturated carbocycles. The van der Waals surface area contributed by atoms with E-state index >= 15 is 0 Å². The van der Waals surface area contributed by atoms with E-state index in [1.807, 2.05) is 18.0 Å². The smallest absolute Gasteiger partial charge is 0.177 e. The zero-order valence-electron chi connectivity index (χ0n) is 8.25. The van der Waals surface area contributed by atoms with E-state index in [4.69, 9.17) is 0 Å². The quantitative estimate of drug-likeness (QED) is 0.827. The number of rotatable bonds is 4. The molecule has 0 atom stereocenters. The van der Waals surface area contributed by atoms with Crippen LogP contribution in [0, 0.1) is 0 Å². The summed E-state index contributed by atoms with van der Waals surface area (Å²) in [5, 5.41) is 0. The van der Waals surface area contributed by atoms with Gasteiger partial charge in [0.2, 0.25) is 0 Å². The van der Waals surface area contributed by atoms with Crippen LogP contribution in [-0.2, 0) is 5.75 Å². The lowest BCUT2D eigenvalue weighted by Crippen LogP contribution is -2.05. The zero-order valence-corrected chi connectivity index (χ0v) is 10.7. The minimum atomic E-state index is 0.476. The van der Waals surface area contributed by atoms with Crippen molar-refractivity contribution in [3.8, 4) is 0 Å². The maximum atomic E-state index is 4.26. The molecule has 13 heavy (non-hydrogen) atoms. The monoisotopic (exact) mass is 262 g/mol. The van der Waals surface area contributed by atoms with Crippen molar-refractivity contribution in [2.45, 2.75) is 32.6 Å². The summed E-state index contributed by atoms with van der Waals surface area (Å²) < 4.78 is 3.16. The Balaban J connectivity index is 2.81. The van der Waals surface area contributed by atoms with Gasteiger partial charge in [-0.05, 0) is 35.5 Å². The molecule has 0 amide bonds. The van der Waals surface area contributed by atoms with Crippen molar-refractivity contribution in [3.63, 3.8) is 0 Å². The van der Waals surface area contributed by atoms with Crippen LogP contribution in [0.15, 0.2) is 10.9 Å². The number of hydrogen-bond donors (Lipinski definition) is 0. The molecule has 0 aliphatic heterocycles. The van der Waals surface area contributed by atoms with Crippen molar-refractivity contribution in [2.75, 3.05) is 5.75 Å². The van der Waals surface area contributed by atoms with Crippen molar-refractivity contribution in [3.05, 3.63) is 16.6 Å². The standard InChI is InChI=1S/C9H15BrN2S/c1-4-13-6-8-5-11-9(10)12(8)7(2)3/h5,7H,4,6H2,1-3H3. The number of thioether (sulfide) groups is 1. The Hall–Kier alpha value is 0.0400. The second-order valence-electron chi connectivity index (χ2n) is 3.12. The molecular formula is C9H15BrN2S. The highest BCUT2D eigenvalue weighted by Gasteiger charge is 2.09. The fourth-order valence-electron chi connectivity index (χ4n) is 1.23. The fraction of sp³-hybridized carbons (Fsp3) is 0.667. The van der Waals surface area contributed by atoms with Crippen LogP contribution < -0.4 is 0 Å². The van der Waals surface area contributed by atoms with Crippen LogP contribution in [0.2, 0.25) is 0 Å². The summed E-state index contributed by atoms with van der Waals surface area (Å²) in [4.78, 5) is 4.26. The highest BCUT2D eigenvalue weighted by Crippen LogP contribution is 2.21. The van der Waals surface area contributed by atoms with Gasteiger partial charge in [0.25, 0.3) is 0 Å². The molecule has 0 N–H and O–H groups in total. The van der Waals surface area contributed by atoms with Crippen LogP contribution in [-0.4, -0.2) is 15.3 Å². The molecule has 0 fully saturated rings. The summed E-state index contributed by atoms with van der Waals surface area (Å²) in [7, 11) is 0. The van der Waals surface area contributed by atoms with E-state index in [0.29, 0.717) is 6.04 Å². The molecule has 74 valence electrons. The predicted molar refractivity (Wildman–Crippen MR) is 62.1 cm³/mol. The molecule has 0 spiro atoms. The van der Waals surface area contributed by atoms with Crippen LogP contribution >= 0.6 is 27.7 Å². The van der Waals surface area contributed by atoms with Gasteiger partial charge in [-0.1, -0.05) is 6.92 Å². The first kappa shape index (κ1) is 11.1. The van der Waals surface area contributed by atoms with Crippen LogP contribution in [0.25, 0.3) is 0 Å². The molecule has 0 aromatic carbocycles. The fourth-order valence-corrected chi connectivity index (χ4v) is 2.60. The lowest BCUT2D eigenvalue weighted by molar-refractivity contribution is 0.571. The van der Waals surface area contributed by atoms with Gasteiger partial charge in [-0.3, -0.25) is 0 Å². The molecule has 2 nitrogen and oxygen atoms in total. The van der Waals surface area contributed by atoms with Crippen molar-refractivity contribution < 1.29 is 0 Å². The average molecular weight is 263 g/mol. The first-order chi connectivity index (χ1) is 6.16. The summed E-state index contributed by atoms with van der Waals surface area (Å²) in [5.74, 6) is 2.20. The van der Waals surface area contributed by atoms with Gasteiger partial charge in [-0.15, -0.1) is 0 Å². The van der Waals surface area contributed by atoms with Gasteiger partial charge in [0.05, 0.1) is 6.20 Å². The van der Waals surface area contributed by atoms with Gasteiger partial charge in [0.15, 0.2) is 4.73 Å². The van der Waals surface area contributed by atoms with Gasteiger partial charge in [-0.25, -0.2) is 4.98 Å². The minimum Gasteiger partial charge on any atom is -0.319 e. The average Bonchev–Trinajstić information content (AvgIpc) is 2.43. The Morgan fingerprint density at radius 3 is 2.85 bits per heavy atom. The van der Waals surface area contributed by atoms with E-state index in [9.17, 15) is 0 Å². The third kappa shape index (κ3) is 2.74. The Kier molecular flexibility index (Phi) is 4.32. The minimum absolute atomic E-state index is 0.476. The van der Waals surface area contributed by atoms with Crippen molar-refractivity contribution in [1.29, 1.82) is 0 Å². The van der Waals surface area contributed by atoms with E-state index in [2.05, 4.69) is 46.3 Å². The Morgan fingerprint density at radius 2 is 2.31 bits per heavy atom. The van der Waals surface area contributed by atoms with Gasteiger partial charge < -0.3 is 4.57 Å². The molecule has 0 aliphatic carbocycles. The molecule has 1 aromatic rings. The van der Waals surface area contributed by atoms with Crippen LogP contribution in [0.5, 0.6) is 0 Å². The summed E-state index contributed by atoms with van der Waals surface area (Å²) >= 11 is 5.38. The maximum Gasteiger partial charge on any atom is 0.177 e. The zero-order chi connectivity index (χ0) is 9.84. The van der Waals surface area contributed by atoms with E-state index in [0.717, 1.165) is 16.2 Å². The van der Waals surface area contributed by atoms with Crippen LogP contribution in [0.1, 0.15) is 32.5 Å². The predicted octanol–water partition coefficient (Wildman–Crippen LogP) is 3.48. The molecule has 0 aliphatic rings. The summed E-state index contributed by atoms with van der Waals surface area (Å²) in [6.07, 6.45) is 1.95. The van der Waals surface area contributed by atoms with Crippen LogP contribution in [0.4, 0.5) is 0 Å². The molecule has 0 radical (unpaired) electrons. The SMILES string of the molecule is CCSCc1cnc(Br)n1C(C)C. The first-order valence-corrected chi connectivity index (χ1v) is 6.41. The van der Waals surface area contributed by atoms with E-state index in [1.54, 1.807) is 0 Å². The normalized spacial score (nSPS) is 11.2. The number of halogens is 1. The lowest BCUT2D eigenvalue weighted by Gasteiger charge is -2.12. The van der Waals surface area contributed by atoms with Gasteiger partial charge in [-0.2, -0.15) is 11.8 Å². The van der Waals surface area contributed by atoms with Crippen molar-refractivity contribution in [1.82, 2.24) is 9.55 Å². The molecule has 0 bridgehead atoms. The molecule has 4 heteroatoms. The first-order valence-electron chi connectivity index (χ1n) is 4.46. The number of imidazole rings is 1. The molecule has 1 aromatic heterocycles. The molecule has 1 heterocycles. The van der Waals surface area contributed by atoms with E-state index < -0.39 is 0 Å². The summed E-state index contributed by atoms with van der Waals surface area (Å²) in [6.45, 7) is 6.52. The second-order valence-corrected chi connectivity index (χ2v) is 5.10. The van der Waals surface area contributed by atoms with E-state index in [-0.39, 0.29) is 0 Å². The highest BCUT2D eigenvalue weighted by molar-refractivity contribution is 9.10. The topological polar surface area (TPSA) is 17.8 Å². The molecular weight excluding hydrogens is 248 g/mol. The third-order valence-electron chi connectivity index (χ3n) is 1.80. The van der Waals surface area contributed by atoms with Gasteiger partial charge in [0.1, 0.15) is 0 Å². The molecule has 1 rings (SSSR count). The van der Waals surface area contributed by atoms with Crippen LogP contribution in [0.3, 0.4) is 0 Å². The van der Waals surface area contributed by atoms with Crippen molar-refractivity contribution >= 4 is 27.7 Å². The Bertz CT molecular complexity index is 271. The maximum absolute atomic E-state index is 4.26. The highest BCUT2D eigenvalue weighted by atomic mass is 79.9. The largest absolute Gasteiger partial charge is 0.319 e. The summed E-state index contributed by atoms with van der Waals surface area (Å²) in [6, 6.07) is 0.476. The third-order valence-corrected chi connectivity index (χ3v) is 3.29. The Morgan fingerprint density at radius 1 is 1.62 bits per heavy atom. The Labute approximate surface area is 92.3 Å². The van der Waals surface area contributed by atoms with Crippen molar-refractivity contribution in [2.24, 2.45) is 0 Å². The van der Waals surface area contributed by atoms with Gasteiger partial charge >= 0.3 is 0 Å². The number of aromatic nitrogens is 2. The molecule has 0 saturated heterocycles. The summed E-state index contributed by atoms with van der Waals surface area (Å²) in [5.41, 5.74) is 1.30. The second kappa shape index (κ2) is 5.05. The van der Waals surface area contributed by atoms with E-state index in [1.165, 1.54) is 5.69 Å². The number of hydrogen-bond acceptors (Lipinski definition) is 2. The number of nitrogens with zero attached hydrogens (tertiary/aromatic N) is 2. The van der Waals surface area contributed by atoms with Gasteiger partial charge in [0, 0.05) is 17.5 Å². The molecule has 0 unspecified atom stereocenters.